The number of aryl methyl sites for hydroxylation is 2. The van der Waals surface area contributed by atoms with E-state index in [1.807, 2.05) is 6.92 Å². The van der Waals surface area contributed by atoms with Gasteiger partial charge >= 0.3 is 0 Å². The second kappa shape index (κ2) is 5.19. The Balaban J connectivity index is 1.80. The highest BCUT2D eigenvalue weighted by molar-refractivity contribution is 7.94. The fourth-order valence-electron chi connectivity index (χ4n) is 1.74. The van der Waals surface area contributed by atoms with Gasteiger partial charge in [-0.05, 0) is 19.4 Å². The predicted molar refractivity (Wildman–Crippen MR) is 70.0 cm³/mol. The second-order valence-electron chi connectivity index (χ2n) is 4.19. The van der Waals surface area contributed by atoms with Crippen LogP contribution in [0.3, 0.4) is 0 Å². The van der Waals surface area contributed by atoms with Crippen LogP contribution in [0.25, 0.3) is 0 Å². The maximum Gasteiger partial charge on any atom is 0.220 e. The molecule has 2 rings (SSSR count). The smallest absolute Gasteiger partial charge is 0.220 e. The predicted octanol–water partition coefficient (Wildman–Crippen LogP) is 0.811. The molecule has 0 bridgehead atoms. The van der Waals surface area contributed by atoms with Crippen molar-refractivity contribution in [3.05, 3.63) is 27.6 Å². The molecule has 1 aliphatic rings. The van der Waals surface area contributed by atoms with E-state index in [1.165, 1.54) is 17.4 Å². The van der Waals surface area contributed by atoms with Gasteiger partial charge in [0.05, 0.1) is 23.0 Å². The maximum absolute atomic E-state index is 11.7. The Labute approximate surface area is 110 Å². The third-order valence-corrected chi connectivity index (χ3v) is 5.09. The molecule has 0 radical (unpaired) electrons. The van der Waals surface area contributed by atoms with Crippen LogP contribution in [0, 0.1) is 6.92 Å². The zero-order valence-electron chi connectivity index (χ0n) is 9.92. The Hall–Kier alpha value is -1.21. The number of rotatable bonds is 4. The number of nitrogens with zero attached hydrogens (tertiary/aromatic N) is 1. The van der Waals surface area contributed by atoms with E-state index in [4.69, 9.17) is 0 Å². The third-order valence-electron chi connectivity index (χ3n) is 2.70. The van der Waals surface area contributed by atoms with Crippen molar-refractivity contribution in [1.82, 2.24) is 10.3 Å². The van der Waals surface area contributed by atoms with Crippen LogP contribution in [0.1, 0.15) is 17.0 Å². The molecule has 98 valence electrons. The van der Waals surface area contributed by atoms with Crippen LogP contribution in [-0.2, 0) is 21.1 Å². The van der Waals surface area contributed by atoms with Crippen LogP contribution in [0.5, 0.6) is 0 Å². The number of carbonyl (C=O) groups is 1. The largest absolute Gasteiger partial charge is 0.349 e. The standard InChI is InChI=1S/C11H14N2O3S2/c1-8-10(17-7-12-8)2-3-11(14)13-9-4-5-18(15,16)6-9/h4-5,7,9H,2-3,6H2,1H3,(H,13,14). The van der Waals surface area contributed by atoms with Gasteiger partial charge in [-0.2, -0.15) is 0 Å². The van der Waals surface area contributed by atoms with Crippen molar-refractivity contribution >= 4 is 27.1 Å². The van der Waals surface area contributed by atoms with E-state index >= 15 is 0 Å². The third kappa shape index (κ3) is 3.39. The van der Waals surface area contributed by atoms with Crippen molar-refractivity contribution in [3.8, 4) is 0 Å². The maximum atomic E-state index is 11.7. The number of thiazole rings is 1. The number of aromatic nitrogens is 1. The van der Waals surface area contributed by atoms with Crippen LogP contribution < -0.4 is 5.32 Å². The zero-order chi connectivity index (χ0) is 13.2. The topological polar surface area (TPSA) is 76.1 Å². The molecule has 2 heterocycles. The molecule has 18 heavy (non-hydrogen) atoms. The summed E-state index contributed by atoms with van der Waals surface area (Å²) in [7, 11) is -3.11. The summed E-state index contributed by atoms with van der Waals surface area (Å²) in [6.07, 6.45) is 2.52. The van der Waals surface area contributed by atoms with Gasteiger partial charge in [0.1, 0.15) is 0 Å². The number of sulfone groups is 1. The van der Waals surface area contributed by atoms with Crippen molar-refractivity contribution in [2.45, 2.75) is 25.8 Å². The fourth-order valence-corrected chi connectivity index (χ4v) is 3.75. The summed E-state index contributed by atoms with van der Waals surface area (Å²) < 4.78 is 22.3. The van der Waals surface area contributed by atoms with Crippen molar-refractivity contribution in [3.63, 3.8) is 0 Å². The van der Waals surface area contributed by atoms with Crippen LogP contribution in [0.15, 0.2) is 17.0 Å². The molecule has 1 amide bonds. The Bertz CT molecular complexity index is 575. The SMILES string of the molecule is Cc1ncsc1CCC(=O)NC1C=CS(=O)(=O)C1. The summed E-state index contributed by atoms with van der Waals surface area (Å²) in [4.78, 5) is 16.9. The quantitative estimate of drug-likeness (QED) is 0.888. The number of nitrogens with one attached hydrogen (secondary N) is 1. The first-order valence-electron chi connectivity index (χ1n) is 5.55. The lowest BCUT2D eigenvalue weighted by molar-refractivity contribution is -0.121. The molecule has 0 aliphatic carbocycles. The summed E-state index contributed by atoms with van der Waals surface area (Å²) in [6.45, 7) is 1.91. The molecule has 7 heteroatoms. The molecule has 0 fully saturated rings. The molecule has 0 spiro atoms. The van der Waals surface area contributed by atoms with E-state index in [0.29, 0.717) is 12.8 Å². The van der Waals surface area contributed by atoms with E-state index < -0.39 is 9.84 Å². The second-order valence-corrected chi connectivity index (χ2v) is 7.06. The average Bonchev–Trinajstić information content (AvgIpc) is 2.82. The highest BCUT2D eigenvalue weighted by atomic mass is 32.2. The van der Waals surface area contributed by atoms with E-state index in [-0.39, 0.29) is 17.7 Å². The monoisotopic (exact) mass is 286 g/mol. The molecule has 0 saturated heterocycles. The van der Waals surface area contributed by atoms with Crippen molar-refractivity contribution in [2.75, 3.05) is 5.75 Å². The zero-order valence-corrected chi connectivity index (χ0v) is 11.6. The van der Waals surface area contributed by atoms with Crippen LogP contribution in [0.2, 0.25) is 0 Å². The van der Waals surface area contributed by atoms with Gasteiger partial charge in [0.2, 0.25) is 5.91 Å². The molecule has 0 aromatic carbocycles. The van der Waals surface area contributed by atoms with Gasteiger partial charge in [0.15, 0.2) is 9.84 Å². The van der Waals surface area contributed by atoms with Crippen molar-refractivity contribution in [2.24, 2.45) is 0 Å². The Kier molecular flexibility index (Phi) is 3.82. The Morgan fingerprint density at radius 3 is 2.94 bits per heavy atom. The molecule has 1 atom stereocenters. The highest BCUT2D eigenvalue weighted by Crippen LogP contribution is 2.14. The minimum atomic E-state index is -3.11. The summed E-state index contributed by atoms with van der Waals surface area (Å²) >= 11 is 1.53. The molecule has 0 saturated carbocycles. The molecular formula is C11H14N2O3S2. The van der Waals surface area contributed by atoms with Crippen LogP contribution in [0.4, 0.5) is 0 Å². The van der Waals surface area contributed by atoms with Gasteiger partial charge in [0.25, 0.3) is 0 Å². The molecule has 5 nitrogen and oxygen atoms in total. The van der Waals surface area contributed by atoms with Crippen LogP contribution >= 0.6 is 11.3 Å². The lowest BCUT2D eigenvalue weighted by Gasteiger charge is -2.09. The number of carbonyl (C=O) groups excluding carboxylic acids is 1. The minimum absolute atomic E-state index is 0.0294. The fraction of sp³-hybridized carbons (Fsp3) is 0.455. The summed E-state index contributed by atoms with van der Waals surface area (Å²) in [5.74, 6) is -0.159. The molecular weight excluding hydrogens is 272 g/mol. The van der Waals surface area contributed by atoms with Crippen molar-refractivity contribution < 1.29 is 13.2 Å². The van der Waals surface area contributed by atoms with E-state index in [0.717, 1.165) is 16.0 Å². The van der Waals surface area contributed by atoms with Gasteiger partial charge in [0, 0.05) is 16.7 Å². The first-order valence-corrected chi connectivity index (χ1v) is 8.15. The average molecular weight is 286 g/mol. The van der Waals surface area contributed by atoms with Gasteiger partial charge in [-0.1, -0.05) is 0 Å². The van der Waals surface area contributed by atoms with Gasteiger partial charge in [-0.25, -0.2) is 13.4 Å². The van der Waals surface area contributed by atoms with Crippen LogP contribution in [-0.4, -0.2) is 31.1 Å². The molecule has 1 aliphatic heterocycles. The summed E-state index contributed by atoms with van der Waals surface area (Å²) in [5, 5.41) is 3.85. The van der Waals surface area contributed by atoms with Gasteiger partial charge < -0.3 is 5.32 Å². The Morgan fingerprint density at radius 1 is 1.61 bits per heavy atom. The van der Waals surface area contributed by atoms with E-state index in [9.17, 15) is 13.2 Å². The molecule has 1 unspecified atom stereocenters. The molecule has 1 N–H and O–H groups in total. The number of amides is 1. The first-order chi connectivity index (χ1) is 8.46. The van der Waals surface area contributed by atoms with Gasteiger partial charge in [-0.3, -0.25) is 4.79 Å². The molecule has 1 aromatic heterocycles. The number of hydrogen-bond acceptors (Lipinski definition) is 5. The summed E-state index contributed by atoms with van der Waals surface area (Å²) in [5.41, 5.74) is 2.71. The molecule has 1 aromatic rings. The lowest BCUT2D eigenvalue weighted by atomic mass is 10.2. The summed E-state index contributed by atoms with van der Waals surface area (Å²) in [6, 6.07) is -0.384. The van der Waals surface area contributed by atoms with E-state index in [1.54, 1.807) is 5.51 Å². The normalized spacial score (nSPS) is 21.1. The van der Waals surface area contributed by atoms with Gasteiger partial charge in [-0.15, -0.1) is 11.3 Å². The van der Waals surface area contributed by atoms with E-state index in [2.05, 4.69) is 10.3 Å². The number of hydrogen-bond donors (Lipinski definition) is 1. The lowest BCUT2D eigenvalue weighted by Crippen LogP contribution is -2.35. The Morgan fingerprint density at radius 2 is 2.39 bits per heavy atom. The minimum Gasteiger partial charge on any atom is -0.349 e. The van der Waals surface area contributed by atoms with Crippen molar-refractivity contribution in [1.29, 1.82) is 0 Å². The highest BCUT2D eigenvalue weighted by Gasteiger charge is 2.22. The first kappa shape index (κ1) is 13.2.